The highest BCUT2D eigenvalue weighted by atomic mass is 16.1. The summed E-state index contributed by atoms with van der Waals surface area (Å²) in [7, 11) is 0. The van der Waals surface area contributed by atoms with Crippen molar-refractivity contribution in [3.63, 3.8) is 0 Å². The van der Waals surface area contributed by atoms with Gasteiger partial charge in [0.15, 0.2) is 0 Å². The van der Waals surface area contributed by atoms with Crippen molar-refractivity contribution >= 4 is 5.91 Å². The Labute approximate surface area is 134 Å². The molecule has 120 valence electrons. The van der Waals surface area contributed by atoms with E-state index in [0.29, 0.717) is 12.5 Å². The summed E-state index contributed by atoms with van der Waals surface area (Å²) in [6, 6.07) is 6.88. The summed E-state index contributed by atoms with van der Waals surface area (Å²) in [5.74, 6) is 0.170. The molecular weight excluding hydrogens is 272 g/mol. The molecule has 3 rings (SSSR count). The molecule has 1 saturated heterocycles. The summed E-state index contributed by atoms with van der Waals surface area (Å²) in [5, 5.41) is 3.23. The number of nitrogens with one attached hydrogen (secondary N) is 1. The lowest BCUT2D eigenvalue weighted by Crippen LogP contribution is -2.43. The van der Waals surface area contributed by atoms with Gasteiger partial charge in [-0.1, -0.05) is 25.1 Å². The van der Waals surface area contributed by atoms with Gasteiger partial charge in [-0.05, 0) is 68.3 Å². The van der Waals surface area contributed by atoms with Gasteiger partial charge < -0.3 is 10.2 Å². The van der Waals surface area contributed by atoms with Gasteiger partial charge in [-0.25, -0.2) is 0 Å². The number of hydrogen-bond acceptors (Lipinski definition) is 2. The normalized spacial score (nSPS) is 19.1. The molecule has 1 N–H and O–H groups in total. The number of carbonyl (C=O) groups excluding carboxylic acids is 1. The molecule has 1 heterocycles. The van der Waals surface area contributed by atoms with Crippen molar-refractivity contribution in [3.8, 4) is 0 Å². The average molecular weight is 300 g/mol. The second kappa shape index (κ2) is 7.28. The fourth-order valence-corrected chi connectivity index (χ4v) is 3.75. The molecule has 0 unspecified atom stereocenters. The summed E-state index contributed by atoms with van der Waals surface area (Å²) in [6.45, 7) is 5.55. The lowest BCUT2D eigenvalue weighted by atomic mass is 10.0. The zero-order valence-corrected chi connectivity index (χ0v) is 13.7. The maximum Gasteiger partial charge on any atom is 0.224 e. The van der Waals surface area contributed by atoms with Crippen LogP contribution in [-0.2, 0) is 24.1 Å². The second-order valence-electron chi connectivity index (χ2n) is 6.81. The SMILES string of the molecule is CC[C@@H](CN1CCCC1)NC(=O)Cc1ccc2c(c1)CCC2. The van der Waals surface area contributed by atoms with E-state index in [-0.39, 0.29) is 5.91 Å². The van der Waals surface area contributed by atoms with E-state index in [1.807, 2.05) is 0 Å². The lowest BCUT2D eigenvalue weighted by molar-refractivity contribution is -0.121. The second-order valence-corrected chi connectivity index (χ2v) is 6.81. The Morgan fingerprint density at radius 3 is 2.73 bits per heavy atom. The van der Waals surface area contributed by atoms with Crippen molar-refractivity contribution in [3.05, 3.63) is 34.9 Å². The molecule has 1 aliphatic carbocycles. The van der Waals surface area contributed by atoms with Crippen molar-refractivity contribution < 1.29 is 4.79 Å². The molecular formula is C19H28N2O. The lowest BCUT2D eigenvalue weighted by Gasteiger charge is -2.23. The van der Waals surface area contributed by atoms with Crippen LogP contribution in [0.5, 0.6) is 0 Å². The van der Waals surface area contributed by atoms with Gasteiger partial charge in [0, 0.05) is 12.6 Å². The molecule has 0 saturated carbocycles. The van der Waals surface area contributed by atoms with Crippen LogP contribution in [0.15, 0.2) is 18.2 Å². The summed E-state index contributed by atoms with van der Waals surface area (Å²) >= 11 is 0. The van der Waals surface area contributed by atoms with E-state index in [0.717, 1.165) is 18.5 Å². The van der Waals surface area contributed by atoms with Gasteiger partial charge in [0.2, 0.25) is 5.91 Å². The van der Waals surface area contributed by atoms with Gasteiger partial charge in [0.05, 0.1) is 6.42 Å². The topological polar surface area (TPSA) is 32.3 Å². The predicted molar refractivity (Wildman–Crippen MR) is 90.1 cm³/mol. The molecule has 0 bridgehead atoms. The van der Waals surface area contributed by atoms with Gasteiger partial charge in [-0.3, -0.25) is 4.79 Å². The molecule has 1 aliphatic heterocycles. The monoisotopic (exact) mass is 300 g/mol. The Hall–Kier alpha value is -1.35. The van der Waals surface area contributed by atoms with Gasteiger partial charge in [-0.2, -0.15) is 0 Å². The highest BCUT2D eigenvalue weighted by Crippen LogP contribution is 2.23. The van der Waals surface area contributed by atoms with E-state index in [1.165, 1.54) is 56.3 Å². The first kappa shape index (κ1) is 15.5. The van der Waals surface area contributed by atoms with Crippen molar-refractivity contribution in [2.75, 3.05) is 19.6 Å². The van der Waals surface area contributed by atoms with Gasteiger partial charge in [0.1, 0.15) is 0 Å². The van der Waals surface area contributed by atoms with Crippen LogP contribution in [0, 0.1) is 0 Å². The number of likely N-dealkylation sites (tertiary alicyclic amines) is 1. The third-order valence-electron chi connectivity index (χ3n) is 5.06. The van der Waals surface area contributed by atoms with Crippen LogP contribution in [0.1, 0.15) is 49.3 Å². The van der Waals surface area contributed by atoms with Crippen molar-refractivity contribution in [2.45, 2.75) is 57.9 Å². The number of benzene rings is 1. The Morgan fingerprint density at radius 2 is 1.95 bits per heavy atom. The number of nitrogens with zero attached hydrogens (tertiary/aromatic N) is 1. The minimum absolute atomic E-state index is 0.170. The first-order valence-corrected chi connectivity index (χ1v) is 8.87. The number of hydrogen-bond donors (Lipinski definition) is 1. The Kier molecular flexibility index (Phi) is 5.14. The predicted octanol–water partition coefficient (Wildman–Crippen LogP) is 2.71. The van der Waals surface area contributed by atoms with E-state index in [1.54, 1.807) is 0 Å². The van der Waals surface area contributed by atoms with Crippen molar-refractivity contribution in [1.82, 2.24) is 10.2 Å². The number of amides is 1. The fraction of sp³-hybridized carbons (Fsp3) is 0.632. The zero-order valence-electron chi connectivity index (χ0n) is 13.7. The molecule has 1 amide bonds. The van der Waals surface area contributed by atoms with Gasteiger partial charge in [-0.15, -0.1) is 0 Å². The molecule has 3 nitrogen and oxygen atoms in total. The summed E-state index contributed by atoms with van der Waals surface area (Å²) in [5.41, 5.74) is 4.09. The van der Waals surface area contributed by atoms with Crippen LogP contribution in [0.4, 0.5) is 0 Å². The highest BCUT2D eigenvalue weighted by Gasteiger charge is 2.18. The van der Waals surface area contributed by atoms with E-state index in [9.17, 15) is 4.79 Å². The fourth-order valence-electron chi connectivity index (χ4n) is 3.75. The Balaban J connectivity index is 1.52. The molecule has 1 aromatic carbocycles. The molecule has 0 radical (unpaired) electrons. The number of carbonyl (C=O) groups is 1. The Morgan fingerprint density at radius 1 is 1.18 bits per heavy atom. The van der Waals surface area contributed by atoms with Crippen molar-refractivity contribution in [1.29, 1.82) is 0 Å². The smallest absolute Gasteiger partial charge is 0.224 e. The largest absolute Gasteiger partial charge is 0.352 e. The summed E-state index contributed by atoms with van der Waals surface area (Å²) in [6.07, 6.45) is 7.78. The van der Waals surface area contributed by atoms with Crippen molar-refractivity contribution in [2.24, 2.45) is 0 Å². The minimum Gasteiger partial charge on any atom is -0.352 e. The first-order valence-electron chi connectivity index (χ1n) is 8.87. The number of fused-ring (bicyclic) bond motifs is 1. The molecule has 1 aromatic rings. The van der Waals surface area contributed by atoms with E-state index < -0.39 is 0 Å². The highest BCUT2D eigenvalue weighted by molar-refractivity contribution is 5.79. The van der Waals surface area contributed by atoms with E-state index in [4.69, 9.17) is 0 Å². The minimum atomic E-state index is 0.170. The average Bonchev–Trinajstić information content (AvgIpc) is 3.17. The molecule has 2 aliphatic rings. The maximum atomic E-state index is 12.3. The van der Waals surface area contributed by atoms with Crippen LogP contribution in [0.25, 0.3) is 0 Å². The maximum absolute atomic E-state index is 12.3. The van der Waals surface area contributed by atoms with Crippen LogP contribution >= 0.6 is 0 Å². The summed E-state index contributed by atoms with van der Waals surface area (Å²) in [4.78, 5) is 14.8. The van der Waals surface area contributed by atoms with Crippen LogP contribution in [-0.4, -0.2) is 36.5 Å². The molecule has 0 spiro atoms. The van der Waals surface area contributed by atoms with Crippen LogP contribution in [0.3, 0.4) is 0 Å². The van der Waals surface area contributed by atoms with E-state index in [2.05, 4.69) is 35.3 Å². The van der Waals surface area contributed by atoms with Crippen LogP contribution < -0.4 is 5.32 Å². The molecule has 22 heavy (non-hydrogen) atoms. The number of aryl methyl sites for hydroxylation is 2. The zero-order chi connectivity index (χ0) is 15.4. The number of rotatable bonds is 6. The molecule has 1 fully saturated rings. The quantitative estimate of drug-likeness (QED) is 0.876. The van der Waals surface area contributed by atoms with Gasteiger partial charge in [0.25, 0.3) is 0 Å². The molecule has 1 atom stereocenters. The third kappa shape index (κ3) is 3.89. The standard InChI is InChI=1S/C19H28N2O/c1-2-18(14-21-10-3-4-11-21)20-19(22)13-15-8-9-16-6-5-7-17(16)12-15/h8-9,12,18H,2-7,10-11,13-14H2,1H3,(H,20,22)/t18-/m0/s1. The third-order valence-corrected chi connectivity index (χ3v) is 5.06. The van der Waals surface area contributed by atoms with Crippen LogP contribution in [0.2, 0.25) is 0 Å². The van der Waals surface area contributed by atoms with Gasteiger partial charge >= 0.3 is 0 Å². The summed E-state index contributed by atoms with van der Waals surface area (Å²) < 4.78 is 0. The van der Waals surface area contributed by atoms with E-state index >= 15 is 0 Å². The molecule has 0 aromatic heterocycles. The molecule has 3 heteroatoms. The first-order chi connectivity index (χ1) is 10.7. The Bertz CT molecular complexity index is 520.